The van der Waals surface area contributed by atoms with Crippen LogP contribution in [0.4, 0.5) is 5.82 Å². The van der Waals surface area contributed by atoms with Gasteiger partial charge in [0.05, 0.1) is 18.7 Å². The molecule has 1 amide bonds. The molecule has 2 N–H and O–H groups in total. The van der Waals surface area contributed by atoms with Crippen molar-refractivity contribution in [2.45, 2.75) is 19.8 Å². The van der Waals surface area contributed by atoms with Crippen molar-refractivity contribution in [2.75, 3.05) is 18.5 Å². The van der Waals surface area contributed by atoms with Crippen LogP contribution in [-0.4, -0.2) is 35.2 Å². The van der Waals surface area contributed by atoms with Crippen LogP contribution >= 0.6 is 0 Å². The summed E-state index contributed by atoms with van der Waals surface area (Å²) in [5.74, 6) is -0.847. The lowest BCUT2D eigenvalue weighted by atomic mass is 10.3. The smallest absolute Gasteiger partial charge is 0.328 e. The van der Waals surface area contributed by atoms with E-state index in [-0.39, 0.29) is 12.3 Å². The van der Waals surface area contributed by atoms with Gasteiger partial charge in [-0.15, -0.1) is 0 Å². The second-order valence-corrected chi connectivity index (χ2v) is 4.03. The molecule has 1 rings (SSSR count). The van der Waals surface area contributed by atoms with Crippen molar-refractivity contribution in [3.8, 4) is 0 Å². The first-order chi connectivity index (χ1) is 9.61. The molecule has 1 heterocycles. The number of aliphatic carboxylic acids is 1. The Morgan fingerprint density at radius 1 is 1.40 bits per heavy atom. The quantitative estimate of drug-likeness (QED) is 0.560. The molecule has 20 heavy (non-hydrogen) atoms. The predicted octanol–water partition coefficient (Wildman–Crippen LogP) is 1.93. The monoisotopic (exact) mass is 278 g/mol. The largest absolute Gasteiger partial charge is 0.478 e. The molecule has 0 fully saturated rings. The molecule has 0 saturated heterocycles. The van der Waals surface area contributed by atoms with E-state index in [4.69, 9.17) is 9.84 Å². The van der Waals surface area contributed by atoms with Crippen molar-refractivity contribution >= 4 is 23.8 Å². The van der Waals surface area contributed by atoms with E-state index >= 15 is 0 Å². The number of nitrogens with zero attached hydrogens (tertiary/aromatic N) is 1. The molecule has 0 aliphatic rings. The molecular formula is C14H18N2O4. The SMILES string of the molecule is CCCOCCC(=O)Nc1cccc(C=CC(=O)O)n1. The standard InChI is InChI=1S/C14H18N2O4/c1-2-9-20-10-8-13(17)16-12-5-3-4-11(15-12)6-7-14(18)19/h3-7H,2,8-10H2,1H3,(H,18,19)(H,15,16,17). The Morgan fingerprint density at radius 3 is 2.90 bits per heavy atom. The van der Waals surface area contributed by atoms with Crippen molar-refractivity contribution in [1.82, 2.24) is 4.98 Å². The average Bonchev–Trinajstić information content (AvgIpc) is 2.42. The molecule has 0 radical (unpaired) electrons. The number of hydrogen-bond donors (Lipinski definition) is 2. The van der Waals surface area contributed by atoms with Crippen LogP contribution < -0.4 is 5.32 Å². The Morgan fingerprint density at radius 2 is 2.20 bits per heavy atom. The van der Waals surface area contributed by atoms with Gasteiger partial charge in [-0.05, 0) is 24.6 Å². The highest BCUT2D eigenvalue weighted by atomic mass is 16.5. The minimum Gasteiger partial charge on any atom is -0.478 e. The predicted molar refractivity (Wildman–Crippen MR) is 75.3 cm³/mol. The number of rotatable bonds is 8. The zero-order chi connectivity index (χ0) is 14.8. The highest BCUT2D eigenvalue weighted by Gasteiger charge is 2.03. The number of amides is 1. The number of carbonyl (C=O) groups is 2. The number of ether oxygens (including phenoxy) is 1. The molecule has 0 atom stereocenters. The van der Waals surface area contributed by atoms with Gasteiger partial charge in [-0.1, -0.05) is 13.0 Å². The third-order valence-corrected chi connectivity index (χ3v) is 2.26. The van der Waals surface area contributed by atoms with E-state index in [1.165, 1.54) is 6.08 Å². The fraction of sp³-hybridized carbons (Fsp3) is 0.357. The lowest BCUT2D eigenvalue weighted by Gasteiger charge is -2.05. The molecule has 0 aromatic carbocycles. The normalized spacial score (nSPS) is 10.7. The first-order valence-corrected chi connectivity index (χ1v) is 6.37. The van der Waals surface area contributed by atoms with Gasteiger partial charge in [-0.3, -0.25) is 4.79 Å². The highest BCUT2D eigenvalue weighted by molar-refractivity contribution is 5.90. The maximum Gasteiger partial charge on any atom is 0.328 e. The topological polar surface area (TPSA) is 88.5 Å². The van der Waals surface area contributed by atoms with E-state index < -0.39 is 5.97 Å². The maximum absolute atomic E-state index is 11.6. The Kier molecular flexibility index (Phi) is 6.99. The van der Waals surface area contributed by atoms with Gasteiger partial charge in [0.1, 0.15) is 5.82 Å². The number of carboxylic acid groups (broad SMARTS) is 1. The number of nitrogens with one attached hydrogen (secondary N) is 1. The molecule has 108 valence electrons. The fourth-order valence-corrected chi connectivity index (χ4v) is 1.39. The Bertz CT molecular complexity index is 486. The van der Waals surface area contributed by atoms with Crippen molar-refractivity contribution in [1.29, 1.82) is 0 Å². The van der Waals surface area contributed by atoms with Crippen LogP contribution in [0.25, 0.3) is 6.08 Å². The van der Waals surface area contributed by atoms with E-state index in [0.717, 1.165) is 12.5 Å². The average molecular weight is 278 g/mol. The van der Waals surface area contributed by atoms with Gasteiger partial charge < -0.3 is 15.2 Å². The second-order valence-electron chi connectivity index (χ2n) is 4.03. The Hall–Kier alpha value is -2.21. The summed E-state index contributed by atoms with van der Waals surface area (Å²) in [6.07, 6.45) is 3.53. The van der Waals surface area contributed by atoms with Crippen LogP contribution in [0.1, 0.15) is 25.5 Å². The Balaban J connectivity index is 2.49. The van der Waals surface area contributed by atoms with Crippen LogP contribution in [0.3, 0.4) is 0 Å². The molecule has 6 nitrogen and oxygen atoms in total. The summed E-state index contributed by atoms with van der Waals surface area (Å²) in [7, 11) is 0. The third kappa shape index (κ3) is 6.65. The lowest BCUT2D eigenvalue weighted by molar-refractivity contribution is -0.131. The summed E-state index contributed by atoms with van der Waals surface area (Å²) in [6, 6.07) is 4.99. The van der Waals surface area contributed by atoms with Crippen LogP contribution in [0.5, 0.6) is 0 Å². The molecule has 1 aromatic rings. The van der Waals surface area contributed by atoms with Crippen molar-refractivity contribution in [3.05, 3.63) is 30.0 Å². The minimum absolute atomic E-state index is 0.187. The number of carbonyl (C=O) groups excluding carboxylic acids is 1. The van der Waals surface area contributed by atoms with Crippen molar-refractivity contribution < 1.29 is 19.4 Å². The van der Waals surface area contributed by atoms with E-state index in [0.29, 0.717) is 24.7 Å². The van der Waals surface area contributed by atoms with Gasteiger partial charge in [-0.25, -0.2) is 9.78 Å². The maximum atomic E-state index is 11.6. The van der Waals surface area contributed by atoms with Gasteiger partial charge >= 0.3 is 5.97 Å². The zero-order valence-corrected chi connectivity index (χ0v) is 11.3. The molecule has 6 heteroatoms. The molecule has 0 aliphatic heterocycles. The summed E-state index contributed by atoms with van der Waals surface area (Å²) >= 11 is 0. The van der Waals surface area contributed by atoms with Gasteiger partial charge in [0.25, 0.3) is 0 Å². The first kappa shape index (κ1) is 15.8. The third-order valence-electron chi connectivity index (χ3n) is 2.26. The molecule has 0 saturated carbocycles. The van der Waals surface area contributed by atoms with Crippen LogP contribution in [-0.2, 0) is 14.3 Å². The number of aromatic nitrogens is 1. The zero-order valence-electron chi connectivity index (χ0n) is 11.3. The molecule has 0 spiro atoms. The van der Waals surface area contributed by atoms with E-state index in [1.54, 1.807) is 18.2 Å². The molecule has 0 aliphatic carbocycles. The van der Waals surface area contributed by atoms with Gasteiger partial charge in [0, 0.05) is 12.7 Å². The van der Waals surface area contributed by atoms with Crippen LogP contribution in [0, 0.1) is 0 Å². The molecule has 0 bridgehead atoms. The summed E-state index contributed by atoms with van der Waals surface area (Å²) in [6.45, 7) is 3.01. The van der Waals surface area contributed by atoms with Crippen molar-refractivity contribution in [2.24, 2.45) is 0 Å². The van der Waals surface area contributed by atoms with E-state index in [2.05, 4.69) is 10.3 Å². The summed E-state index contributed by atoms with van der Waals surface area (Å²) in [5.41, 5.74) is 0.465. The lowest BCUT2D eigenvalue weighted by Crippen LogP contribution is -2.15. The Labute approximate surface area is 117 Å². The number of pyridine rings is 1. The molecular weight excluding hydrogens is 260 g/mol. The summed E-state index contributed by atoms with van der Waals surface area (Å²) in [4.78, 5) is 26.1. The van der Waals surface area contributed by atoms with Gasteiger partial charge in [0.2, 0.25) is 5.91 Å². The van der Waals surface area contributed by atoms with E-state index in [1.807, 2.05) is 6.92 Å². The number of hydrogen-bond acceptors (Lipinski definition) is 4. The van der Waals surface area contributed by atoms with Crippen molar-refractivity contribution in [3.63, 3.8) is 0 Å². The first-order valence-electron chi connectivity index (χ1n) is 6.37. The summed E-state index contributed by atoms with van der Waals surface area (Å²) in [5, 5.41) is 11.2. The number of anilines is 1. The minimum atomic E-state index is -1.05. The number of carboxylic acids is 1. The highest BCUT2D eigenvalue weighted by Crippen LogP contribution is 2.07. The molecule has 1 aromatic heterocycles. The van der Waals surface area contributed by atoms with Gasteiger partial charge in [-0.2, -0.15) is 0 Å². The molecule has 0 unspecified atom stereocenters. The van der Waals surface area contributed by atoms with E-state index in [9.17, 15) is 9.59 Å². The van der Waals surface area contributed by atoms with Crippen LogP contribution in [0.2, 0.25) is 0 Å². The summed E-state index contributed by atoms with van der Waals surface area (Å²) < 4.78 is 5.22. The van der Waals surface area contributed by atoms with Crippen LogP contribution in [0.15, 0.2) is 24.3 Å². The fourth-order valence-electron chi connectivity index (χ4n) is 1.39. The second kappa shape index (κ2) is 8.82. The van der Waals surface area contributed by atoms with Gasteiger partial charge in [0.15, 0.2) is 0 Å².